The fourth-order valence-electron chi connectivity index (χ4n) is 2.70. The van der Waals surface area contributed by atoms with Crippen LogP contribution in [0.3, 0.4) is 0 Å². The molecule has 4 rings (SSSR count). The highest BCUT2D eigenvalue weighted by atomic mass is 35.5. The number of anilines is 3. The van der Waals surface area contributed by atoms with Crippen LogP contribution in [0.2, 0.25) is 5.02 Å². The maximum Gasteiger partial charge on any atom is 0.291 e. The van der Waals surface area contributed by atoms with Crippen molar-refractivity contribution < 1.29 is 23.5 Å². The van der Waals surface area contributed by atoms with Gasteiger partial charge in [-0.25, -0.2) is 0 Å². The summed E-state index contributed by atoms with van der Waals surface area (Å²) in [4.78, 5) is 35.9. The van der Waals surface area contributed by atoms with Gasteiger partial charge >= 0.3 is 0 Å². The number of hydrogen-bond acceptors (Lipinski definition) is 5. The molecule has 1 aliphatic rings. The van der Waals surface area contributed by atoms with Crippen LogP contribution in [0.15, 0.2) is 59.2 Å². The number of hydrogen-bond donors (Lipinski definition) is 3. The Bertz CT molecular complexity index is 1090. The molecule has 1 aromatic heterocycles. The quantitative estimate of drug-likeness (QED) is 0.605. The van der Waals surface area contributed by atoms with Gasteiger partial charge in [0.2, 0.25) is 0 Å². The van der Waals surface area contributed by atoms with E-state index in [0.29, 0.717) is 28.4 Å². The predicted octanol–water partition coefficient (Wildman–Crippen LogP) is 3.77. The molecule has 3 amide bonds. The van der Waals surface area contributed by atoms with Crippen molar-refractivity contribution in [1.82, 2.24) is 0 Å². The van der Waals surface area contributed by atoms with Crippen molar-refractivity contribution >= 4 is 46.4 Å². The molecular weight excluding hydrogens is 398 g/mol. The molecule has 0 fully saturated rings. The lowest BCUT2D eigenvalue weighted by atomic mass is 10.1. The number of halogens is 1. The topological polar surface area (TPSA) is 110 Å². The molecule has 29 heavy (non-hydrogen) atoms. The number of furan rings is 1. The Labute approximate surface area is 169 Å². The number of nitrogens with one attached hydrogen (secondary N) is 3. The Morgan fingerprint density at radius 1 is 1.03 bits per heavy atom. The number of fused-ring (bicyclic) bond motifs is 1. The first-order valence-electron chi connectivity index (χ1n) is 8.52. The van der Waals surface area contributed by atoms with Gasteiger partial charge in [-0.05, 0) is 42.5 Å². The minimum Gasteiger partial charge on any atom is -0.482 e. The van der Waals surface area contributed by atoms with E-state index in [-0.39, 0.29) is 29.2 Å². The highest BCUT2D eigenvalue weighted by Crippen LogP contribution is 2.36. The minimum absolute atomic E-state index is 0.104. The van der Waals surface area contributed by atoms with Gasteiger partial charge in [0, 0.05) is 17.3 Å². The summed E-state index contributed by atoms with van der Waals surface area (Å²) in [6.45, 7) is -0.104. The second-order valence-corrected chi connectivity index (χ2v) is 6.54. The SMILES string of the molecule is O=C1COc2cc(NC(=O)c3ccc(NC(=O)c4ccco4)cc3)c(Cl)cc2N1. The molecule has 0 unspecified atom stereocenters. The lowest BCUT2D eigenvalue weighted by Gasteiger charge is -2.19. The molecule has 0 spiro atoms. The zero-order valence-electron chi connectivity index (χ0n) is 14.8. The third-order valence-electron chi connectivity index (χ3n) is 4.10. The van der Waals surface area contributed by atoms with Crippen LogP contribution >= 0.6 is 11.6 Å². The Kier molecular flexibility index (Phi) is 4.92. The maximum atomic E-state index is 12.5. The molecule has 146 valence electrons. The highest BCUT2D eigenvalue weighted by molar-refractivity contribution is 6.34. The van der Waals surface area contributed by atoms with Crippen molar-refractivity contribution in [2.45, 2.75) is 0 Å². The smallest absolute Gasteiger partial charge is 0.291 e. The molecule has 0 aliphatic carbocycles. The summed E-state index contributed by atoms with van der Waals surface area (Å²) < 4.78 is 10.4. The van der Waals surface area contributed by atoms with Crippen LogP contribution in [0.5, 0.6) is 5.75 Å². The second-order valence-electron chi connectivity index (χ2n) is 6.13. The van der Waals surface area contributed by atoms with Crippen LogP contribution in [0.1, 0.15) is 20.9 Å². The van der Waals surface area contributed by atoms with Crippen molar-refractivity contribution in [3.8, 4) is 5.75 Å². The average molecular weight is 412 g/mol. The molecule has 1 aliphatic heterocycles. The number of benzene rings is 2. The summed E-state index contributed by atoms with van der Waals surface area (Å²) in [6, 6.07) is 12.6. The molecule has 2 aromatic carbocycles. The van der Waals surface area contributed by atoms with E-state index in [4.69, 9.17) is 20.8 Å². The van der Waals surface area contributed by atoms with Gasteiger partial charge in [-0.15, -0.1) is 0 Å². The van der Waals surface area contributed by atoms with Crippen LogP contribution in [-0.4, -0.2) is 24.3 Å². The van der Waals surface area contributed by atoms with Gasteiger partial charge in [0.1, 0.15) is 5.75 Å². The Balaban J connectivity index is 1.45. The molecule has 3 N–H and O–H groups in total. The van der Waals surface area contributed by atoms with Crippen LogP contribution in [0.25, 0.3) is 0 Å². The zero-order valence-corrected chi connectivity index (χ0v) is 15.6. The van der Waals surface area contributed by atoms with Gasteiger partial charge < -0.3 is 25.1 Å². The van der Waals surface area contributed by atoms with E-state index in [2.05, 4.69) is 16.0 Å². The number of amides is 3. The molecule has 9 heteroatoms. The first-order valence-corrected chi connectivity index (χ1v) is 8.90. The standard InChI is InChI=1S/C20H14ClN3O5/c21-13-8-15-17(29-10-18(25)23-15)9-14(13)24-19(26)11-3-5-12(6-4-11)22-20(27)16-2-1-7-28-16/h1-9H,10H2,(H,22,27)(H,23,25)(H,24,26). The average Bonchev–Trinajstić information content (AvgIpc) is 3.24. The van der Waals surface area contributed by atoms with Crippen molar-refractivity contribution in [3.63, 3.8) is 0 Å². The Morgan fingerprint density at radius 2 is 1.83 bits per heavy atom. The van der Waals surface area contributed by atoms with Crippen LogP contribution in [0, 0.1) is 0 Å². The summed E-state index contributed by atoms with van der Waals surface area (Å²) in [6.07, 6.45) is 1.41. The summed E-state index contributed by atoms with van der Waals surface area (Å²) in [7, 11) is 0. The predicted molar refractivity (Wildman–Crippen MR) is 107 cm³/mol. The number of carbonyl (C=O) groups excluding carboxylic acids is 3. The monoisotopic (exact) mass is 411 g/mol. The molecule has 0 radical (unpaired) electrons. The van der Waals surface area contributed by atoms with E-state index in [1.54, 1.807) is 42.5 Å². The summed E-state index contributed by atoms with van der Waals surface area (Å²) in [5.74, 6) is -0.451. The van der Waals surface area contributed by atoms with Crippen molar-refractivity contribution in [1.29, 1.82) is 0 Å². The molecule has 3 aromatic rings. The molecule has 8 nitrogen and oxygen atoms in total. The van der Waals surface area contributed by atoms with E-state index >= 15 is 0 Å². The molecule has 0 saturated heterocycles. The number of ether oxygens (including phenoxy) is 1. The Morgan fingerprint density at radius 3 is 2.55 bits per heavy atom. The molecule has 0 saturated carbocycles. The number of carbonyl (C=O) groups is 3. The maximum absolute atomic E-state index is 12.5. The zero-order chi connectivity index (χ0) is 20.4. The fraction of sp³-hybridized carbons (Fsp3) is 0.0500. The van der Waals surface area contributed by atoms with Gasteiger partial charge in [0.05, 0.1) is 22.7 Å². The van der Waals surface area contributed by atoms with E-state index in [0.717, 1.165) is 0 Å². The fourth-order valence-corrected chi connectivity index (χ4v) is 2.91. The van der Waals surface area contributed by atoms with E-state index in [1.807, 2.05) is 0 Å². The molecule has 0 bridgehead atoms. The lowest BCUT2D eigenvalue weighted by molar-refractivity contribution is -0.118. The largest absolute Gasteiger partial charge is 0.482 e. The van der Waals surface area contributed by atoms with Crippen molar-refractivity contribution in [3.05, 3.63) is 71.1 Å². The number of rotatable bonds is 4. The lowest BCUT2D eigenvalue weighted by Crippen LogP contribution is -2.25. The van der Waals surface area contributed by atoms with E-state index in [1.165, 1.54) is 12.3 Å². The van der Waals surface area contributed by atoms with Gasteiger partial charge in [0.15, 0.2) is 12.4 Å². The third-order valence-corrected chi connectivity index (χ3v) is 4.41. The summed E-state index contributed by atoms with van der Waals surface area (Å²) in [5.41, 5.74) is 1.67. The minimum atomic E-state index is -0.393. The second kappa shape index (κ2) is 7.69. The van der Waals surface area contributed by atoms with E-state index in [9.17, 15) is 14.4 Å². The summed E-state index contributed by atoms with van der Waals surface area (Å²) in [5, 5.41) is 8.27. The molecular formula is C20H14ClN3O5. The van der Waals surface area contributed by atoms with Crippen LogP contribution in [-0.2, 0) is 4.79 Å². The highest BCUT2D eigenvalue weighted by Gasteiger charge is 2.19. The molecule has 2 heterocycles. The molecule has 0 atom stereocenters. The Hall–Kier alpha value is -3.78. The first-order chi connectivity index (χ1) is 14.0. The van der Waals surface area contributed by atoms with Crippen molar-refractivity contribution in [2.75, 3.05) is 22.6 Å². The van der Waals surface area contributed by atoms with Gasteiger partial charge in [-0.1, -0.05) is 11.6 Å². The van der Waals surface area contributed by atoms with Gasteiger partial charge in [0.25, 0.3) is 17.7 Å². The first kappa shape index (κ1) is 18.6. The summed E-state index contributed by atoms with van der Waals surface area (Å²) >= 11 is 6.19. The van der Waals surface area contributed by atoms with Gasteiger partial charge in [-0.3, -0.25) is 14.4 Å². The normalized spacial score (nSPS) is 12.4. The third kappa shape index (κ3) is 4.07. The van der Waals surface area contributed by atoms with Gasteiger partial charge in [-0.2, -0.15) is 0 Å². The van der Waals surface area contributed by atoms with Crippen LogP contribution in [0.4, 0.5) is 17.1 Å². The van der Waals surface area contributed by atoms with Crippen molar-refractivity contribution in [2.24, 2.45) is 0 Å². The van der Waals surface area contributed by atoms with Crippen LogP contribution < -0.4 is 20.7 Å². The van der Waals surface area contributed by atoms with E-state index < -0.39 is 5.91 Å².